The highest BCUT2D eigenvalue weighted by atomic mass is 35.5. The molecular weight excluding hydrogens is 433 g/mol. The molecular formula is C20H20ClF3N6O. The number of H-pyrrole nitrogens is 1. The zero-order valence-corrected chi connectivity index (χ0v) is 17.3. The van der Waals surface area contributed by atoms with E-state index < -0.39 is 24.7 Å². The number of pyridine rings is 1. The molecule has 7 nitrogen and oxygen atoms in total. The molecule has 3 aromatic heterocycles. The zero-order valence-electron chi connectivity index (χ0n) is 16.6. The average Bonchev–Trinajstić information content (AvgIpc) is 3.35. The van der Waals surface area contributed by atoms with E-state index in [0.29, 0.717) is 40.7 Å². The predicted octanol–water partition coefficient (Wildman–Crippen LogP) is 4.10. The Balaban J connectivity index is 1.67. The number of nitrogens with one attached hydrogen (secondary N) is 2. The molecule has 31 heavy (non-hydrogen) atoms. The molecule has 1 unspecified atom stereocenters. The first kappa shape index (κ1) is 21.4. The number of amides is 1. The van der Waals surface area contributed by atoms with Crippen molar-refractivity contribution in [2.24, 2.45) is 0 Å². The van der Waals surface area contributed by atoms with Crippen LogP contribution in [0.4, 0.5) is 19.0 Å². The molecule has 0 aliphatic carbocycles. The van der Waals surface area contributed by atoms with Crippen LogP contribution in [0.5, 0.6) is 0 Å². The molecule has 0 aromatic carbocycles. The highest BCUT2D eigenvalue weighted by molar-refractivity contribution is 6.31. The van der Waals surface area contributed by atoms with E-state index in [2.05, 4.69) is 19.9 Å². The number of hydrogen-bond acceptors (Lipinski definition) is 5. The molecule has 1 aliphatic rings. The van der Waals surface area contributed by atoms with E-state index in [1.165, 1.54) is 6.20 Å². The lowest BCUT2D eigenvalue weighted by molar-refractivity contribution is -0.139. The van der Waals surface area contributed by atoms with Crippen LogP contribution in [0.15, 0.2) is 30.7 Å². The van der Waals surface area contributed by atoms with Crippen LogP contribution in [-0.4, -0.2) is 50.6 Å². The third-order valence-corrected chi connectivity index (χ3v) is 5.59. The van der Waals surface area contributed by atoms with Gasteiger partial charge < -0.3 is 15.2 Å². The van der Waals surface area contributed by atoms with Crippen molar-refractivity contribution in [2.45, 2.75) is 44.4 Å². The van der Waals surface area contributed by atoms with Gasteiger partial charge in [-0.15, -0.1) is 0 Å². The molecule has 164 valence electrons. The summed E-state index contributed by atoms with van der Waals surface area (Å²) in [6, 6.07) is 2.68. The Morgan fingerprint density at radius 2 is 2.16 bits per heavy atom. The second kappa shape index (κ2) is 8.33. The predicted molar refractivity (Wildman–Crippen MR) is 111 cm³/mol. The van der Waals surface area contributed by atoms with Gasteiger partial charge >= 0.3 is 6.18 Å². The van der Waals surface area contributed by atoms with Gasteiger partial charge in [-0.2, -0.15) is 13.2 Å². The fraction of sp³-hybridized carbons (Fsp3) is 0.400. The minimum Gasteiger partial charge on any atom is -0.345 e. The SMILES string of the molecule is CCC1CC[C@H](C(=O)NCC(F)(F)F)N1c1ccnc(-c2c[nH]c3ncc(Cl)cc23)n1. The molecule has 0 radical (unpaired) electrons. The van der Waals surface area contributed by atoms with Crippen molar-refractivity contribution in [3.05, 3.63) is 35.7 Å². The van der Waals surface area contributed by atoms with Crippen molar-refractivity contribution in [3.8, 4) is 11.4 Å². The standard InChI is InChI=1S/C20H20ClF3N6O/c1-2-12-3-4-15(19(31)28-10-20(22,23)24)30(12)16-5-6-25-18(29-16)14-9-27-17-13(14)7-11(21)8-26-17/h5-9,12,15H,2-4,10H2,1H3,(H,26,27)(H,28,31)/t12?,15-/m1/s1. The Kier molecular flexibility index (Phi) is 5.74. The molecule has 0 spiro atoms. The molecule has 1 saturated heterocycles. The topological polar surface area (TPSA) is 86.8 Å². The summed E-state index contributed by atoms with van der Waals surface area (Å²) in [7, 11) is 0. The molecule has 0 bridgehead atoms. The number of anilines is 1. The maximum absolute atomic E-state index is 12.6. The molecule has 0 saturated carbocycles. The average molecular weight is 453 g/mol. The number of fused-ring (bicyclic) bond motifs is 1. The highest BCUT2D eigenvalue weighted by Gasteiger charge is 2.39. The van der Waals surface area contributed by atoms with E-state index in [-0.39, 0.29) is 6.04 Å². The molecule has 1 amide bonds. The summed E-state index contributed by atoms with van der Waals surface area (Å²) in [5.74, 6) is 0.242. The summed E-state index contributed by atoms with van der Waals surface area (Å²) in [4.78, 5) is 30.6. The van der Waals surface area contributed by atoms with Crippen molar-refractivity contribution in [2.75, 3.05) is 11.4 Å². The minimum absolute atomic E-state index is 0.0107. The van der Waals surface area contributed by atoms with E-state index in [9.17, 15) is 18.0 Å². The third-order valence-electron chi connectivity index (χ3n) is 5.38. The first-order valence-electron chi connectivity index (χ1n) is 9.85. The van der Waals surface area contributed by atoms with Gasteiger partial charge in [0.05, 0.1) is 5.02 Å². The monoisotopic (exact) mass is 452 g/mol. The van der Waals surface area contributed by atoms with Gasteiger partial charge in [-0.1, -0.05) is 18.5 Å². The van der Waals surface area contributed by atoms with Gasteiger partial charge in [-0.3, -0.25) is 4.79 Å². The van der Waals surface area contributed by atoms with Gasteiger partial charge in [-0.25, -0.2) is 15.0 Å². The maximum Gasteiger partial charge on any atom is 0.405 e. The molecule has 11 heteroatoms. The van der Waals surface area contributed by atoms with Crippen molar-refractivity contribution in [3.63, 3.8) is 0 Å². The van der Waals surface area contributed by atoms with Gasteiger partial charge in [0.15, 0.2) is 5.82 Å². The summed E-state index contributed by atoms with van der Waals surface area (Å²) < 4.78 is 37.7. The number of carbonyl (C=O) groups excluding carboxylic acids is 1. The normalized spacial score (nSPS) is 19.2. The summed E-state index contributed by atoms with van der Waals surface area (Å²) >= 11 is 6.07. The number of rotatable bonds is 5. The quantitative estimate of drug-likeness (QED) is 0.608. The van der Waals surface area contributed by atoms with Crippen LogP contribution >= 0.6 is 11.6 Å². The van der Waals surface area contributed by atoms with Crippen molar-refractivity contribution in [1.29, 1.82) is 0 Å². The lowest BCUT2D eigenvalue weighted by Crippen LogP contribution is -2.48. The van der Waals surface area contributed by atoms with Gasteiger partial charge in [-0.05, 0) is 31.4 Å². The number of carbonyl (C=O) groups is 1. The molecule has 2 atom stereocenters. The summed E-state index contributed by atoms with van der Waals surface area (Å²) in [6.45, 7) is 0.619. The molecule has 2 N–H and O–H groups in total. The van der Waals surface area contributed by atoms with E-state index in [4.69, 9.17) is 11.6 Å². The van der Waals surface area contributed by atoms with E-state index in [0.717, 1.165) is 11.8 Å². The lowest BCUT2D eigenvalue weighted by atomic mass is 10.1. The van der Waals surface area contributed by atoms with Crippen LogP contribution < -0.4 is 10.2 Å². The van der Waals surface area contributed by atoms with Crippen LogP contribution in [0.1, 0.15) is 26.2 Å². The minimum atomic E-state index is -4.46. The van der Waals surface area contributed by atoms with Crippen LogP contribution in [0, 0.1) is 0 Å². The highest BCUT2D eigenvalue weighted by Crippen LogP contribution is 2.33. The fourth-order valence-corrected chi connectivity index (χ4v) is 4.14. The third kappa shape index (κ3) is 4.43. The van der Waals surface area contributed by atoms with Crippen molar-refractivity contribution < 1.29 is 18.0 Å². The number of halogens is 4. The molecule has 4 heterocycles. The Bertz CT molecular complexity index is 1100. The van der Waals surface area contributed by atoms with Gasteiger partial charge in [0.25, 0.3) is 0 Å². The molecule has 4 rings (SSSR count). The maximum atomic E-state index is 12.6. The summed E-state index contributed by atoms with van der Waals surface area (Å²) in [5.41, 5.74) is 1.32. The van der Waals surface area contributed by atoms with E-state index >= 15 is 0 Å². The Morgan fingerprint density at radius 1 is 1.35 bits per heavy atom. The number of hydrogen-bond donors (Lipinski definition) is 2. The molecule has 1 fully saturated rings. The Morgan fingerprint density at radius 3 is 2.90 bits per heavy atom. The van der Waals surface area contributed by atoms with Crippen LogP contribution in [0.2, 0.25) is 5.02 Å². The second-order valence-corrected chi connectivity index (χ2v) is 7.82. The largest absolute Gasteiger partial charge is 0.405 e. The Labute approximate surface area is 181 Å². The Hall–Kier alpha value is -2.88. The summed E-state index contributed by atoms with van der Waals surface area (Å²) in [5, 5.41) is 3.22. The van der Waals surface area contributed by atoms with E-state index in [1.54, 1.807) is 29.4 Å². The number of nitrogens with zero attached hydrogens (tertiary/aromatic N) is 4. The van der Waals surface area contributed by atoms with Crippen LogP contribution in [0.25, 0.3) is 22.4 Å². The summed E-state index contributed by atoms with van der Waals surface area (Å²) in [6.07, 6.45) is 2.24. The van der Waals surface area contributed by atoms with Gasteiger partial charge in [0.2, 0.25) is 5.91 Å². The smallest absolute Gasteiger partial charge is 0.345 e. The van der Waals surface area contributed by atoms with Crippen molar-refractivity contribution in [1.82, 2.24) is 25.3 Å². The second-order valence-electron chi connectivity index (χ2n) is 7.39. The number of aromatic nitrogens is 4. The van der Waals surface area contributed by atoms with Crippen LogP contribution in [-0.2, 0) is 4.79 Å². The van der Waals surface area contributed by atoms with Crippen molar-refractivity contribution >= 4 is 34.4 Å². The lowest BCUT2D eigenvalue weighted by Gasteiger charge is -2.30. The number of alkyl halides is 3. The first-order chi connectivity index (χ1) is 14.8. The van der Waals surface area contributed by atoms with E-state index in [1.807, 2.05) is 12.2 Å². The molecule has 1 aliphatic heterocycles. The van der Waals surface area contributed by atoms with Crippen LogP contribution in [0.3, 0.4) is 0 Å². The fourth-order valence-electron chi connectivity index (χ4n) is 3.98. The first-order valence-corrected chi connectivity index (χ1v) is 10.2. The van der Waals surface area contributed by atoms with Gasteiger partial charge in [0, 0.05) is 35.6 Å². The zero-order chi connectivity index (χ0) is 22.2. The number of aromatic amines is 1. The molecule has 3 aromatic rings. The van der Waals surface area contributed by atoms with Gasteiger partial charge in [0.1, 0.15) is 24.1 Å².